The molecule has 12 heteroatoms. The van der Waals surface area contributed by atoms with Gasteiger partial charge in [-0.05, 0) is 39.2 Å². The lowest BCUT2D eigenvalue weighted by Gasteiger charge is -2.34. The largest absolute Gasteiger partial charge is 0.389 e. The van der Waals surface area contributed by atoms with Crippen LogP contribution in [0.3, 0.4) is 0 Å². The highest BCUT2D eigenvalue weighted by atomic mass is 35.5. The van der Waals surface area contributed by atoms with Crippen LogP contribution in [0.5, 0.6) is 0 Å². The van der Waals surface area contributed by atoms with Crippen molar-refractivity contribution in [1.82, 2.24) is 24.1 Å². The van der Waals surface area contributed by atoms with E-state index in [9.17, 15) is 17.9 Å². The molecule has 0 spiro atoms. The van der Waals surface area contributed by atoms with E-state index in [1.54, 1.807) is 37.1 Å². The molecule has 2 aromatic rings. The van der Waals surface area contributed by atoms with Gasteiger partial charge in [0.15, 0.2) is 0 Å². The summed E-state index contributed by atoms with van der Waals surface area (Å²) < 4.78 is 42.3. The Morgan fingerprint density at radius 2 is 2.12 bits per heavy atom. The minimum Gasteiger partial charge on any atom is -0.389 e. The third kappa shape index (κ3) is 6.37. The summed E-state index contributed by atoms with van der Waals surface area (Å²) >= 11 is 5.59. The van der Waals surface area contributed by atoms with Gasteiger partial charge in [0.2, 0.25) is 16.0 Å². The Hall–Kier alpha value is -1.82. The lowest BCUT2D eigenvalue weighted by atomic mass is 10.1. The predicted octanol–water partition coefficient (Wildman–Crippen LogP) is 2.20. The molecule has 3 rings (SSSR count). The molecule has 0 aliphatic carbocycles. The number of hydrogen-bond acceptors (Lipinski definition) is 7. The van der Waals surface area contributed by atoms with Crippen molar-refractivity contribution in [3.05, 3.63) is 24.2 Å². The highest BCUT2D eigenvalue weighted by Crippen LogP contribution is 2.24. The van der Waals surface area contributed by atoms with Crippen molar-refractivity contribution in [2.24, 2.45) is 0 Å². The molecular weight excluding hydrogens is 459 g/mol. The van der Waals surface area contributed by atoms with Gasteiger partial charge in [-0.15, -0.1) is 11.6 Å². The summed E-state index contributed by atoms with van der Waals surface area (Å²) in [4.78, 5) is 8.80. The van der Waals surface area contributed by atoms with Gasteiger partial charge in [0, 0.05) is 36.9 Å². The number of anilines is 1. The molecule has 1 aliphatic heterocycles. The summed E-state index contributed by atoms with van der Waals surface area (Å²) in [6.45, 7) is 5.63. The van der Waals surface area contributed by atoms with E-state index in [0.717, 1.165) is 11.1 Å². The van der Waals surface area contributed by atoms with Crippen molar-refractivity contribution >= 4 is 27.6 Å². The van der Waals surface area contributed by atoms with E-state index in [-0.39, 0.29) is 30.7 Å². The molecule has 1 aliphatic rings. The number of piperidine rings is 1. The van der Waals surface area contributed by atoms with Crippen LogP contribution in [-0.2, 0) is 16.6 Å². The molecule has 32 heavy (non-hydrogen) atoms. The van der Waals surface area contributed by atoms with Crippen molar-refractivity contribution in [3.8, 4) is 11.3 Å². The number of rotatable bonds is 9. The Balaban J connectivity index is 1.69. The molecule has 2 N–H and O–H groups in total. The molecule has 0 unspecified atom stereocenters. The predicted molar refractivity (Wildman–Crippen MR) is 122 cm³/mol. The van der Waals surface area contributed by atoms with Gasteiger partial charge in [-0.1, -0.05) is 0 Å². The van der Waals surface area contributed by atoms with Crippen LogP contribution in [0, 0.1) is 6.92 Å². The quantitative estimate of drug-likeness (QED) is 0.520. The van der Waals surface area contributed by atoms with Gasteiger partial charge in [-0.2, -0.15) is 9.40 Å². The molecule has 0 radical (unpaired) electrons. The molecule has 1 fully saturated rings. The zero-order chi connectivity index (χ0) is 23.5. The number of alkyl halides is 2. The van der Waals surface area contributed by atoms with Crippen LogP contribution in [0.15, 0.2) is 18.6 Å². The van der Waals surface area contributed by atoms with E-state index in [4.69, 9.17) is 11.6 Å². The summed E-state index contributed by atoms with van der Waals surface area (Å²) in [6.07, 6.45) is 4.35. The summed E-state index contributed by atoms with van der Waals surface area (Å²) in [7, 11) is -3.51. The normalized spacial score (nSPS) is 20.4. The first-order valence-corrected chi connectivity index (χ1v) is 12.7. The van der Waals surface area contributed by atoms with Crippen LogP contribution in [0.2, 0.25) is 0 Å². The first-order valence-electron chi connectivity index (χ1n) is 10.5. The Bertz CT molecular complexity index is 1030. The van der Waals surface area contributed by atoms with Gasteiger partial charge < -0.3 is 10.4 Å². The maximum Gasteiger partial charge on any atom is 0.223 e. The van der Waals surface area contributed by atoms with E-state index in [1.165, 1.54) is 4.31 Å². The maximum atomic E-state index is 14.8. The molecule has 2 aromatic heterocycles. The Kier molecular flexibility index (Phi) is 7.74. The van der Waals surface area contributed by atoms with Crippen molar-refractivity contribution in [3.63, 3.8) is 0 Å². The molecule has 0 aromatic carbocycles. The molecule has 2 atom stereocenters. The summed E-state index contributed by atoms with van der Waals surface area (Å²) in [5.74, 6) is 0.444. The second-order valence-electron chi connectivity index (χ2n) is 8.74. The van der Waals surface area contributed by atoms with Crippen LogP contribution in [0.4, 0.5) is 10.3 Å². The van der Waals surface area contributed by atoms with Crippen molar-refractivity contribution in [1.29, 1.82) is 0 Å². The Labute approximate surface area is 193 Å². The van der Waals surface area contributed by atoms with Crippen LogP contribution in [0.1, 0.15) is 32.3 Å². The third-order valence-corrected chi connectivity index (χ3v) is 7.37. The van der Waals surface area contributed by atoms with E-state index < -0.39 is 27.8 Å². The highest BCUT2D eigenvalue weighted by Gasteiger charge is 2.35. The minimum absolute atomic E-state index is 0.0765. The van der Waals surface area contributed by atoms with Crippen molar-refractivity contribution < 1.29 is 17.9 Å². The SMILES string of the molecule is Cc1cnc(N[C@H]2CCN(S(=O)(=O)CCCCl)C[C@H]2F)nc1-c1cnn(CC(C)(C)O)c1. The fourth-order valence-corrected chi connectivity index (χ4v) is 5.41. The van der Waals surface area contributed by atoms with E-state index in [0.29, 0.717) is 25.1 Å². The second-order valence-corrected chi connectivity index (χ2v) is 11.2. The molecule has 3 heterocycles. The van der Waals surface area contributed by atoms with Crippen LogP contribution in [0.25, 0.3) is 11.3 Å². The zero-order valence-electron chi connectivity index (χ0n) is 18.5. The third-order valence-electron chi connectivity index (χ3n) is 5.18. The van der Waals surface area contributed by atoms with Gasteiger partial charge >= 0.3 is 0 Å². The number of nitrogens with one attached hydrogen (secondary N) is 1. The lowest BCUT2D eigenvalue weighted by molar-refractivity contribution is 0.0577. The molecule has 0 saturated carbocycles. The molecular formula is C20H30ClFN6O3S. The van der Waals surface area contributed by atoms with Gasteiger partial charge in [-0.25, -0.2) is 22.8 Å². The summed E-state index contributed by atoms with van der Waals surface area (Å²) in [6, 6.07) is -0.594. The fraction of sp³-hybridized carbons (Fsp3) is 0.650. The smallest absolute Gasteiger partial charge is 0.223 e. The number of aromatic nitrogens is 4. The van der Waals surface area contributed by atoms with Gasteiger partial charge in [0.05, 0.1) is 35.8 Å². The molecule has 178 valence electrons. The van der Waals surface area contributed by atoms with Crippen molar-refractivity contribution in [2.45, 2.75) is 58.0 Å². The van der Waals surface area contributed by atoms with Gasteiger partial charge in [0.1, 0.15) is 6.17 Å². The molecule has 0 amide bonds. The Morgan fingerprint density at radius 1 is 1.38 bits per heavy atom. The van der Waals surface area contributed by atoms with Crippen LogP contribution < -0.4 is 5.32 Å². The van der Waals surface area contributed by atoms with Crippen LogP contribution in [-0.4, -0.2) is 80.1 Å². The van der Waals surface area contributed by atoms with Crippen molar-refractivity contribution in [2.75, 3.05) is 30.0 Å². The van der Waals surface area contributed by atoms with E-state index in [2.05, 4.69) is 20.4 Å². The topological polar surface area (TPSA) is 113 Å². The van der Waals surface area contributed by atoms with Gasteiger partial charge in [0.25, 0.3) is 0 Å². The number of halogens is 2. The van der Waals surface area contributed by atoms with E-state index in [1.807, 2.05) is 6.92 Å². The number of aliphatic hydroxyl groups is 1. The summed E-state index contributed by atoms with van der Waals surface area (Å²) in [5, 5.41) is 17.3. The second kappa shape index (κ2) is 9.98. The fourth-order valence-electron chi connectivity index (χ4n) is 3.60. The number of aryl methyl sites for hydroxylation is 1. The maximum absolute atomic E-state index is 14.8. The number of hydrogen-bond donors (Lipinski definition) is 2. The molecule has 0 bridgehead atoms. The average molecular weight is 489 g/mol. The highest BCUT2D eigenvalue weighted by molar-refractivity contribution is 7.89. The number of sulfonamides is 1. The standard InChI is InChI=1S/C20H30ClFN6O3S/c1-14-9-23-19(26-18(14)15-10-24-27(11-15)13-20(2,3)29)25-17-5-7-28(12-16(17)22)32(30,31)8-4-6-21/h9-11,16-17,29H,4-8,12-13H2,1-3H3,(H,23,25,26)/t16-,17+/m1/s1. The number of nitrogens with zero attached hydrogens (tertiary/aromatic N) is 5. The average Bonchev–Trinajstić information content (AvgIpc) is 3.15. The van der Waals surface area contributed by atoms with Gasteiger partial charge in [-0.3, -0.25) is 4.68 Å². The zero-order valence-corrected chi connectivity index (χ0v) is 20.1. The lowest BCUT2D eigenvalue weighted by Crippen LogP contribution is -2.50. The first kappa shape index (κ1) is 24.8. The van der Waals surface area contributed by atoms with E-state index >= 15 is 0 Å². The summed E-state index contributed by atoms with van der Waals surface area (Å²) in [5.41, 5.74) is 1.34. The first-order chi connectivity index (χ1) is 15.0. The molecule has 1 saturated heterocycles. The van der Waals surface area contributed by atoms with Crippen LogP contribution >= 0.6 is 11.6 Å². The monoisotopic (exact) mass is 488 g/mol. The molecule has 9 nitrogen and oxygen atoms in total. The minimum atomic E-state index is -3.51. The Morgan fingerprint density at radius 3 is 2.78 bits per heavy atom.